The zero-order valence-electron chi connectivity index (χ0n) is 14.8. The Morgan fingerprint density at radius 2 is 1.85 bits per heavy atom. The van der Waals surface area contributed by atoms with Crippen LogP contribution in [0.15, 0.2) is 59.7 Å². The summed E-state index contributed by atoms with van der Waals surface area (Å²) in [6.45, 7) is 1.88. The van der Waals surface area contributed by atoms with Crippen molar-refractivity contribution in [1.29, 1.82) is 0 Å². The zero-order chi connectivity index (χ0) is 19.7. The molecule has 0 spiro atoms. The average molecular weight is 376 g/mol. The highest BCUT2D eigenvalue weighted by Crippen LogP contribution is 2.37. The second kappa shape index (κ2) is 6.86. The molecule has 0 saturated heterocycles. The highest BCUT2D eigenvalue weighted by molar-refractivity contribution is 5.95. The number of aliphatic imine (C=N–C) groups is 1. The van der Waals surface area contributed by atoms with E-state index in [1.807, 2.05) is 13.0 Å². The summed E-state index contributed by atoms with van der Waals surface area (Å²) in [6, 6.07) is 10.0. The third kappa shape index (κ3) is 3.99. The highest BCUT2D eigenvalue weighted by Gasteiger charge is 2.31. The lowest BCUT2D eigenvalue weighted by Gasteiger charge is -2.29. The Kier molecular flexibility index (Phi) is 4.73. The summed E-state index contributed by atoms with van der Waals surface area (Å²) < 4.78 is 43.5. The molecule has 0 bridgehead atoms. The number of rotatable bonds is 3. The van der Waals surface area contributed by atoms with Gasteiger partial charge < -0.3 is 21.1 Å². The molecule has 0 radical (unpaired) electrons. The van der Waals surface area contributed by atoms with Gasteiger partial charge in [-0.05, 0) is 55.5 Å². The van der Waals surface area contributed by atoms with Gasteiger partial charge in [0.1, 0.15) is 11.3 Å². The number of methoxy groups -OCH3 is 1. The molecule has 1 unspecified atom stereocenters. The van der Waals surface area contributed by atoms with Gasteiger partial charge in [-0.3, -0.25) is 0 Å². The monoisotopic (exact) mass is 376 g/mol. The Labute approximate surface area is 154 Å². The predicted molar refractivity (Wildman–Crippen MR) is 99.5 cm³/mol. The smallest absolute Gasteiger partial charge is 0.416 e. The predicted octanol–water partition coefficient (Wildman–Crippen LogP) is 4.10. The first-order valence-electron chi connectivity index (χ1n) is 8.14. The van der Waals surface area contributed by atoms with Gasteiger partial charge in [0.25, 0.3) is 0 Å². The molecule has 5 nitrogen and oxygen atoms in total. The summed E-state index contributed by atoms with van der Waals surface area (Å²) in [7, 11) is 1.56. The van der Waals surface area contributed by atoms with Gasteiger partial charge in [0.15, 0.2) is 0 Å². The number of ether oxygens (including phenoxy) is 1. The Morgan fingerprint density at radius 1 is 1.15 bits per heavy atom. The highest BCUT2D eigenvalue weighted by atomic mass is 19.4. The van der Waals surface area contributed by atoms with Gasteiger partial charge in [0.05, 0.1) is 12.7 Å². The minimum Gasteiger partial charge on any atom is -0.496 e. The molecule has 0 aromatic heterocycles. The van der Waals surface area contributed by atoms with Crippen molar-refractivity contribution in [1.82, 2.24) is 5.32 Å². The Bertz CT molecular complexity index is 891. The van der Waals surface area contributed by atoms with Crippen molar-refractivity contribution in [3.05, 3.63) is 65.9 Å². The molecule has 27 heavy (non-hydrogen) atoms. The van der Waals surface area contributed by atoms with E-state index < -0.39 is 17.3 Å². The summed E-state index contributed by atoms with van der Waals surface area (Å²) >= 11 is 0. The van der Waals surface area contributed by atoms with Gasteiger partial charge in [-0.2, -0.15) is 13.2 Å². The minimum absolute atomic E-state index is 0.393. The molecule has 3 rings (SSSR count). The number of guanidine groups is 1. The van der Waals surface area contributed by atoms with Crippen LogP contribution in [-0.4, -0.2) is 13.1 Å². The van der Waals surface area contributed by atoms with Crippen molar-refractivity contribution in [3.63, 3.8) is 0 Å². The van der Waals surface area contributed by atoms with Crippen molar-refractivity contribution in [2.24, 2.45) is 4.99 Å². The van der Waals surface area contributed by atoms with E-state index in [9.17, 15) is 13.2 Å². The lowest BCUT2D eigenvalue weighted by atomic mass is 9.90. The maximum absolute atomic E-state index is 12.7. The molecule has 1 aliphatic heterocycles. The topological polar surface area (TPSA) is 71.7 Å². The SMILES string of the molecule is COc1ccc(N)cc1C1(C)C=CNC(Nc2ccc(C(F)(F)F)cc2)=N1. The number of anilines is 2. The van der Waals surface area contributed by atoms with Crippen LogP contribution in [0.25, 0.3) is 0 Å². The number of hydrogen-bond donors (Lipinski definition) is 3. The van der Waals surface area contributed by atoms with E-state index in [1.54, 1.807) is 31.5 Å². The van der Waals surface area contributed by atoms with Gasteiger partial charge >= 0.3 is 6.18 Å². The normalized spacial score (nSPS) is 19.2. The molecule has 142 valence electrons. The summed E-state index contributed by atoms with van der Waals surface area (Å²) in [4.78, 5) is 4.65. The number of benzene rings is 2. The van der Waals surface area contributed by atoms with Crippen molar-refractivity contribution >= 4 is 17.3 Å². The number of nitrogens with two attached hydrogens (primary N) is 1. The second-order valence-electron chi connectivity index (χ2n) is 6.25. The quantitative estimate of drug-likeness (QED) is 0.706. The molecule has 0 aliphatic carbocycles. The molecule has 1 atom stereocenters. The van der Waals surface area contributed by atoms with E-state index >= 15 is 0 Å². The number of halogens is 3. The molecule has 8 heteroatoms. The third-order valence-electron chi connectivity index (χ3n) is 4.22. The number of nitrogens with zero attached hydrogens (tertiary/aromatic N) is 1. The van der Waals surface area contributed by atoms with Gasteiger partial charge in [-0.1, -0.05) is 0 Å². The first kappa shape index (κ1) is 18.6. The van der Waals surface area contributed by atoms with E-state index in [-0.39, 0.29) is 0 Å². The van der Waals surface area contributed by atoms with Crippen molar-refractivity contribution in [3.8, 4) is 5.75 Å². The summed E-state index contributed by atoms with van der Waals surface area (Å²) in [6.07, 6.45) is -0.811. The van der Waals surface area contributed by atoms with Crippen LogP contribution >= 0.6 is 0 Å². The van der Waals surface area contributed by atoms with E-state index in [0.717, 1.165) is 17.7 Å². The maximum atomic E-state index is 12.7. The van der Waals surface area contributed by atoms with Crippen LogP contribution in [0.3, 0.4) is 0 Å². The summed E-state index contributed by atoms with van der Waals surface area (Å²) in [5.41, 5.74) is 6.26. The van der Waals surface area contributed by atoms with E-state index in [1.165, 1.54) is 12.1 Å². The third-order valence-corrected chi connectivity index (χ3v) is 4.22. The van der Waals surface area contributed by atoms with Crippen molar-refractivity contribution in [2.45, 2.75) is 18.6 Å². The Morgan fingerprint density at radius 3 is 2.48 bits per heavy atom. The molecule has 1 aliphatic rings. The summed E-state index contributed by atoms with van der Waals surface area (Å²) in [5.74, 6) is 1.03. The Hall–Kier alpha value is -3.16. The van der Waals surface area contributed by atoms with Gasteiger partial charge in [0.2, 0.25) is 5.96 Å². The molecule has 1 heterocycles. The van der Waals surface area contributed by atoms with E-state index in [4.69, 9.17) is 10.5 Å². The van der Waals surface area contributed by atoms with Gasteiger partial charge in [-0.15, -0.1) is 0 Å². The minimum atomic E-state index is -4.37. The fourth-order valence-electron chi connectivity index (χ4n) is 2.80. The summed E-state index contributed by atoms with van der Waals surface area (Å²) in [5, 5.41) is 5.94. The molecule has 2 aromatic rings. The van der Waals surface area contributed by atoms with Crippen LogP contribution in [0, 0.1) is 0 Å². The molecule has 4 N–H and O–H groups in total. The van der Waals surface area contributed by atoms with Crippen LogP contribution in [0.2, 0.25) is 0 Å². The number of nitrogens with one attached hydrogen (secondary N) is 2. The van der Waals surface area contributed by atoms with Crippen LogP contribution in [0.4, 0.5) is 24.5 Å². The number of hydrogen-bond acceptors (Lipinski definition) is 5. The van der Waals surface area contributed by atoms with E-state index in [2.05, 4.69) is 15.6 Å². The van der Waals surface area contributed by atoms with Crippen LogP contribution in [-0.2, 0) is 11.7 Å². The number of alkyl halides is 3. The molecule has 0 fully saturated rings. The largest absolute Gasteiger partial charge is 0.496 e. The Balaban J connectivity index is 1.88. The lowest BCUT2D eigenvalue weighted by molar-refractivity contribution is -0.137. The molecule has 0 saturated carbocycles. The maximum Gasteiger partial charge on any atom is 0.416 e. The standard InChI is InChI=1S/C19H19F3N4O/c1-18(15-11-13(23)5-8-16(15)27-2)9-10-24-17(26-18)25-14-6-3-12(4-7-14)19(20,21)22/h3-11H,23H2,1-2H3,(H2,24,25,26). The molecular weight excluding hydrogens is 357 g/mol. The first-order valence-corrected chi connectivity index (χ1v) is 8.14. The zero-order valence-corrected chi connectivity index (χ0v) is 14.8. The van der Waals surface area contributed by atoms with Crippen molar-refractivity contribution < 1.29 is 17.9 Å². The molecule has 2 aromatic carbocycles. The van der Waals surface area contributed by atoms with Crippen LogP contribution in [0.1, 0.15) is 18.1 Å². The van der Waals surface area contributed by atoms with Crippen molar-refractivity contribution in [2.75, 3.05) is 18.2 Å². The number of nitrogen functional groups attached to an aromatic ring is 1. The van der Waals surface area contributed by atoms with Gasteiger partial charge in [-0.25, -0.2) is 4.99 Å². The second-order valence-corrected chi connectivity index (χ2v) is 6.25. The lowest BCUT2D eigenvalue weighted by Crippen LogP contribution is -2.35. The first-order chi connectivity index (χ1) is 12.7. The fourth-order valence-corrected chi connectivity index (χ4v) is 2.80. The van der Waals surface area contributed by atoms with E-state index in [0.29, 0.717) is 23.1 Å². The average Bonchev–Trinajstić information content (AvgIpc) is 2.61. The molecular formula is C19H19F3N4O. The van der Waals surface area contributed by atoms with Gasteiger partial charge in [0, 0.05) is 23.1 Å². The van der Waals surface area contributed by atoms with Crippen LogP contribution in [0.5, 0.6) is 5.75 Å². The van der Waals surface area contributed by atoms with Crippen LogP contribution < -0.4 is 21.1 Å². The fraction of sp³-hybridized carbons (Fsp3) is 0.211. The molecule has 0 amide bonds.